The largest absolute Gasteiger partial charge is 0.493 e. The van der Waals surface area contributed by atoms with E-state index in [0.717, 1.165) is 11.1 Å². The minimum absolute atomic E-state index is 0.330. The molecule has 0 aliphatic rings. The maximum atomic E-state index is 12.3. The van der Waals surface area contributed by atoms with Gasteiger partial charge in [0, 0.05) is 24.4 Å². The number of rotatable bonds is 7. The highest BCUT2D eigenvalue weighted by Crippen LogP contribution is 2.28. The van der Waals surface area contributed by atoms with E-state index in [0.29, 0.717) is 30.1 Å². The number of aromatic nitrogens is 1. The van der Waals surface area contributed by atoms with Crippen LogP contribution in [0.25, 0.3) is 6.08 Å². The predicted molar refractivity (Wildman–Crippen MR) is 92.1 cm³/mol. The quantitative estimate of drug-likeness (QED) is 0.577. The SMILES string of the molecule is CCOC(=O)C(=Cc1ccncc1)Cc1ccc(OC)c(OC)c1. The lowest BCUT2D eigenvalue weighted by Crippen LogP contribution is -2.10. The molecule has 0 radical (unpaired) electrons. The number of hydrogen-bond acceptors (Lipinski definition) is 5. The summed E-state index contributed by atoms with van der Waals surface area (Å²) < 4.78 is 15.7. The number of nitrogens with zero attached hydrogens (tertiary/aromatic N) is 1. The summed E-state index contributed by atoms with van der Waals surface area (Å²) in [4.78, 5) is 16.3. The first-order chi connectivity index (χ1) is 11.7. The summed E-state index contributed by atoms with van der Waals surface area (Å²) in [6.45, 7) is 2.12. The highest BCUT2D eigenvalue weighted by Gasteiger charge is 2.13. The van der Waals surface area contributed by atoms with Crippen LogP contribution in [0.3, 0.4) is 0 Å². The van der Waals surface area contributed by atoms with Crippen molar-refractivity contribution in [2.45, 2.75) is 13.3 Å². The number of ether oxygens (including phenoxy) is 3. The van der Waals surface area contributed by atoms with E-state index < -0.39 is 0 Å². The summed E-state index contributed by atoms with van der Waals surface area (Å²) in [7, 11) is 3.17. The summed E-state index contributed by atoms with van der Waals surface area (Å²) in [5.41, 5.74) is 2.39. The standard InChI is InChI=1S/C19H21NO4/c1-4-24-19(21)16(11-14-7-9-20-10-8-14)12-15-5-6-17(22-2)18(13-15)23-3/h5-11,13H,4,12H2,1-3H3. The second kappa shape index (κ2) is 8.72. The normalized spacial score (nSPS) is 11.0. The molecule has 0 fully saturated rings. The predicted octanol–water partition coefficient (Wildman–Crippen LogP) is 3.29. The Bertz CT molecular complexity index is 711. The van der Waals surface area contributed by atoms with Gasteiger partial charge >= 0.3 is 5.97 Å². The third-order valence-electron chi connectivity index (χ3n) is 3.43. The van der Waals surface area contributed by atoms with Crippen molar-refractivity contribution in [3.05, 3.63) is 59.4 Å². The van der Waals surface area contributed by atoms with E-state index in [1.807, 2.05) is 36.4 Å². The molecule has 0 saturated carbocycles. The van der Waals surface area contributed by atoms with Crippen molar-refractivity contribution >= 4 is 12.0 Å². The summed E-state index contributed by atoms with van der Waals surface area (Å²) in [6, 6.07) is 9.27. The molecule has 0 atom stereocenters. The Morgan fingerprint density at radius 2 is 1.79 bits per heavy atom. The van der Waals surface area contributed by atoms with Crippen molar-refractivity contribution in [3.63, 3.8) is 0 Å². The number of carbonyl (C=O) groups excluding carboxylic acids is 1. The molecule has 0 aliphatic heterocycles. The summed E-state index contributed by atoms with van der Waals surface area (Å²) in [5.74, 6) is 0.947. The Labute approximate surface area is 141 Å². The molecule has 126 valence electrons. The maximum Gasteiger partial charge on any atom is 0.334 e. The molecule has 0 unspecified atom stereocenters. The van der Waals surface area contributed by atoms with Crippen LogP contribution in [-0.2, 0) is 16.0 Å². The summed E-state index contributed by atoms with van der Waals surface area (Å²) in [5, 5.41) is 0. The maximum absolute atomic E-state index is 12.3. The first-order valence-electron chi connectivity index (χ1n) is 7.66. The molecule has 0 N–H and O–H groups in total. The molecule has 24 heavy (non-hydrogen) atoms. The van der Waals surface area contributed by atoms with Gasteiger partial charge in [-0.25, -0.2) is 4.79 Å². The van der Waals surface area contributed by atoms with Gasteiger partial charge < -0.3 is 14.2 Å². The molecular formula is C19H21NO4. The summed E-state index contributed by atoms with van der Waals surface area (Å²) >= 11 is 0. The second-order valence-electron chi connectivity index (χ2n) is 5.04. The van der Waals surface area contributed by atoms with Crippen molar-refractivity contribution in [1.29, 1.82) is 0 Å². The lowest BCUT2D eigenvalue weighted by Gasteiger charge is -2.11. The van der Waals surface area contributed by atoms with Crippen LogP contribution in [0.4, 0.5) is 0 Å². The number of hydrogen-bond donors (Lipinski definition) is 0. The molecule has 5 heteroatoms. The van der Waals surface area contributed by atoms with E-state index in [9.17, 15) is 4.79 Å². The Hall–Kier alpha value is -2.82. The van der Waals surface area contributed by atoms with E-state index in [4.69, 9.17) is 14.2 Å². The van der Waals surface area contributed by atoms with E-state index in [1.54, 1.807) is 33.5 Å². The highest BCUT2D eigenvalue weighted by molar-refractivity contribution is 5.94. The minimum Gasteiger partial charge on any atom is -0.493 e. The fraction of sp³-hybridized carbons (Fsp3) is 0.263. The van der Waals surface area contributed by atoms with Crippen LogP contribution in [-0.4, -0.2) is 31.8 Å². The Balaban J connectivity index is 2.32. The Morgan fingerprint density at radius 1 is 1.08 bits per heavy atom. The van der Waals surface area contributed by atoms with Crippen molar-refractivity contribution in [2.24, 2.45) is 0 Å². The van der Waals surface area contributed by atoms with Crippen LogP contribution in [0, 0.1) is 0 Å². The Morgan fingerprint density at radius 3 is 2.42 bits per heavy atom. The van der Waals surface area contributed by atoms with Gasteiger partial charge in [-0.05, 0) is 48.4 Å². The van der Waals surface area contributed by atoms with E-state index in [-0.39, 0.29) is 5.97 Å². The highest BCUT2D eigenvalue weighted by atomic mass is 16.5. The lowest BCUT2D eigenvalue weighted by atomic mass is 10.0. The van der Waals surface area contributed by atoms with Crippen LogP contribution >= 0.6 is 0 Å². The summed E-state index contributed by atoms with van der Waals surface area (Å²) in [6.07, 6.45) is 5.62. The average Bonchev–Trinajstić information content (AvgIpc) is 2.62. The van der Waals surface area contributed by atoms with E-state index >= 15 is 0 Å². The van der Waals surface area contributed by atoms with Gasteiger partial charge in [-0.3, -0.25) is 4.98 Å². The van der Waals surface area contributed by atoms with Crippen molar-refractivity contribution in [1.82, 2.24) is 4.98 Å². The first kappa shape index (κ1) is 17.5. The number of benzene rings is 1. The van der Waals surface area contributed by atoms with Gasteiger partial charge in [0.25, 0.3) is 0 Å². The van der Waals surface area contributed by atoms with Gasteiger partial charge in [0.1, 0.15) is 0 Å². The fourth-order valence-electron chi connectivity index (χ4n) is 2.28. The van der Waals surface area contributed by atoms with E-state index in [2.05, 4.69) is 4.98 Å². The zero-order valence-corrected chi connectivity index (χ0v) is 14.1. The minimum atomic E-state index is -0.330. The first-order valence-corrected chi connectivity index (χ1v) is 7.66. The topological polar surface area (TPSA) is 57.7 Å². The smallest absolute Gasteiger partial charge is 0.334 e. The number of carbonyl (C=O) groups is 1. The zero-order valence-electron chi connectivity index (χ0n) is 14.1. The van der Waals surface area contributed by atoms with Crippen LogP contribution < -0.4 is 9.47 Å². The van der Waals surface area contributed by atoms with Crippen molar-refractivity contribution in [2.75, 3.05) is 20.8 Å². The van der Waals surface area contributed by atoms with Gasteiger partial charge in [0.05, 0.1) is 20.8 Å². The third-order valence-corrected chi connectivity index (χ3v) is 3.43. The molecule has 2 rings (SSSR count). The molecule has 5 nitrogen and oxygen atoms in total. The zero-order chi connectivity index (χ0) is 17.4. The number of methoxy groups -OCH3 is 2. The molecule has 1 aromatic carbocycles. The van der Waals surface area contributed by atoms with Gasteiger partial charge in [-0.15, -0.1) is 0 Å². The monoisotopic (exact) mass is 327 g/mol. The van der Waals surface area contributed by atoms with Gasteiger partial charge in [-0.1, -0.05) is 6.07 Å². The molecule has 2 aromatic rings. The van der Waals surface area contributed by atoms with Crippen LogP contribution in [0.2, 0.25) is 0 Å². The van der Waals surface area contributed by atoms with Crippen molar-refractivity contribution in [3.8, 4) is 11.5 Å². The van der Waals surface area contributed by atoms with Gasteiger partial charge in [0.15, 0.2) is 11.5 Å². The molecule has 1 aromatic heterocycles. The molecule has 0 bridgehead atoms. The molecule has 0 saturated heterocycles. The fourth-order valence-corrected chi connectivity index (χ4v) is 2.28. The number of esters is 1. The van der Waals surface area contributed by atoms with Crippen LogP contribution in [0.5, 0.6) is 11.5 Å². The number of pyridine rings is 1. The van der Waals surface area contributed by atoms with E-state index in [1.165, 1.54) is 0 Å². The Kier molecular flexibility index (Phi) is 6.37. The van der Waals surface area contributed by atoms with Gasteiger partial charge in [0.2, 0.25) is 0 Å². The molecule has 0 amide bonds. The third kappa shape index (κ3) is 4.59. The van der Waals surface area contributed by atoms with Crippen LogP contribution in [0.15, 0.2) is 48.3 Å². The molecule has 0 spiro atoms. The lowest BCUT2D eigenvalue weighted by molar-refractivity contribution is -0.138. The average molecular weight is 327 g/mol. The van der Waals surface area contributed by atoms with Crippen LogP contribution in [0.1, 0.15) is 18.1 Å². The molecular weight excluding hydrogens is 306 g/mol. The molecule has 1 heterocycles. The molecule has 0 aliphatic carbocycles. The van der Waals surface area contributed by atoms with Crippen molar-refractivity contribution < 1.29 is 19.0 Å². The second-order valence-corrected chi connectivity index (χ2v) is 5.04. The van der Waals surface area contributed by atoms with Gasteiger partial charge in [-0.2, -0.15) is 0 Å².